The molecule has 5 fully saturated rings. The van der Waals surface area contributed by atoms with Crippen LogP contribution in [0.4, 0.5) is 0 Å². The van der Waals surface area contributed by atoms with Gasteiger partial charge in [0.15, 0.2) is 0 Å². The second-order valence-corrected chi connectivity index (χ2v) is 13.1. The van der Waals surface area contributed by atoms with E-state index in [9.17, 15) is 0 Å². The van der Waals surface area contributed by atoms with Crippen LogP contribution in [0.15, 0.2) is 0 Å². The van der Waals surface area contributed by atoms with E-state index < -0.39 is 0 Å². The van der Waals surface area contributed by atoms with Crippen molar-refractivity contribution in [1.82, 2.24) is 29.4 Å². The van der Waals surface area contributed by atoms with Crippen molar-refractivity contribution in [1.29, 1.82) is 0 Å². The molecule has 38 heavy (non-hydrogen) atoms. The third-order valence-electron chi connectivity index (χ3n) is 8.98. The lowest BCUT2D eigenvalue weighted by molar-refractivity contribution is 0.0519. The summed E-state index contributed by atoms with van der Waals surface area (Å²) in [7, 11) is 13.2. The third-order valence-corrected chi connectivity index (χ3v) is 8.98. The molecular formula is C32H70N6. The van der Waals surface area contributed by atoms with Crippen molar-refractivity contribution in [3.63, 3.8) is 0 Å². The molecule has 5 saturated heterocycles. The molecule has 0 aromatic rings. The molecule has 5 aliphatic heterocycles. The normalized spacial score (nSPS) is 25.9. The smallest absolute Gasteiger partial charge is 0.0107 e. The van der Waals surface area contributed by atoms with Crippen LogP contribution in [0.2, 0.25) is 0 Å². The fraction of sp³-hybridized carbons (Fsp3) is 1.00. The molecule has 0 amide bonds. The van der Waals surface area contributed by atoms with Crippen molar-refractivity contribution in [2.45, 2.75) is 84.5 Å². The van der Waals surface area contributed by atoms with Gasteiger partial charge >= 0.3 is 0 Å². The van der Waals surface area contributed by atoms with Gasteiger partial charge in [-0.1, -0.05) is 33.1 Å². The second-order valence-electron chi connectivity index (χ2n) is 13.1. The van der Waals surface area contributed by atoms with Crippen LogP contribution in [-0.2, 0) is 0 Å². The maximum atomic E-state index is 2.48. The standard InChI is InChI=1S/C11H22N2.C6H14N2.2C6H13N.C3H8/c1-12-7-3-11(4-8-12)5-9-13(2)10-6-11;1-7-3-5-8(2)6-4-7;2*1-7-5-3-2-4-6-7;1-3-2/h3-10H2,1-2H3;3-6H2,1-2H3;2*2-6H2,1H3;3H2,1-2H3. The number of piperidine rings is 4. The highest BCUT2D eigenvalue weighted by atomic mass is 15.2. The Kier molecular flexibility index (Phi) is 20.2. The number of hydrogen-bond donors (Lipinski definition) is 0. The molecule has 0 saturated carbocycles. The summed E-state index contributed by atoms with van der Waals surface area (Å²) in [5.74, 6) is 0. The van der Waals surface area contributed by atoms with Crippen LogP contribution in [-0.4, -0.2) is 150 Å². The minimum Gasteiger partial charge on any atom is -0.306 e. The van der Waals surface area contributed by atoms with Crippen LogP contribution in [0.3, 0.4) is 0 Å². The second kappa shape index (κ2) is 21.5. The Hall–Kier alpha value is -0.240. The third kappa shape index (κ3) is 17.5. The van der Waals surface area contributed by atoms with Crippen molar-refractivity contribution in [2.24, 2.45) is 5.41 Å². The van der Waals surface area contributed by atoms with Gasteiger partial charge in [0.05, 0.1) is 0 Å². The molecule has 0 N–H and O–H groups in total. The molecule has 0 atom stereocenters. The molecule has 0 aliphatic carbocycles. The van der Waals surface area contributed by atoms with Gasteiger partial charge in [-0.15, -0.1) is 0 Å². The summed E-state index contributed by atoms with van der Waals surface area (Å²) in [4.78, 5) is 14.5. The zero-order valence-electron chi connectivity index (χ0n) is 27.4. The predicted octanol–water partition coefficient (Wildman–Crippen LogP) is 4.91. The molecule has 228 valence electrons. The van der Waals surface area contributed by atoms with E-state index in [1.807, 2.05) is 0 Å². The Labute approximate surface area is 240 Å². The zero-order chi connectivity index (χ0) is 28.2. The highest BCUT2D eigenvalue weighted by Gasteiger charge is 2.35. The van der Waals surface area contributed by atoms with Gasteiger partial charge in [-0.2, -0.15) is 0 Å². The molecule has 6 nitrogen and oxygen atoms in total. The topological polar surface area (TPSA) is 19.4 Å². The van der Waals surface area contributed by atoms with Gasteiger partial charge in [0.2, 0.25) is 0 Å². The first-order valence-electron chi connectivity index (χ1n) is 16.3. The molecule has 0 bridgehead atoms. The number of rotatable bonds is 0. The Morgan fingerprint density at radius 2 is 0.553 bits per heavy atom. The lowest BCUT2D eigenvalue weighted by Crippen LogP contribution is -2.44. The summed E-state index contributed by atoms with van der Waals surface area (Å²) in [6.07, 6.45) is 15.6. The molecule has 6 heteroatoms. The van der Waals surface area contributed by atoms with E-state index in [0.717, 1.165) is 5.41 Å². The van der Waals surface area contributed by atoms with Crippen LogP contribution in [0.1, 0.15) is 84.5 Å². The van der Waals surface area contributed by atoms with Gasteiger partial charge in [0.1, 0.15) is 0 Å². The average Bonchev–Trinajstić information content (AvgIpc) is 2.92. The van der Waals surface area contributed by atoms with Gasteiger partial charge in [-0.25, -0.2) is 0 Å². The molecule has 5 rings (SSSR count). The largest absolute Gasteiger partial charge is 0.306 e. The van der Waals surface area contributed by atoms with Crippen LogP contribution >= 0.6 is 0 Å². The summed E-state index contributed by atoms with van der Waals surface area (Å²) < 4.78 is 0. The summed E-state index contributed by atoms with van der Waals surface area (Å²) in [5, 5.41) is 0. The molecule has 5 aliphatic rings. The minimum atomic E-state index is 0.735. The minimum absolute atomic E-state index is 0.735. The first kappa shape index (κ1) is 35.8. The molecule has 0 aromatic heterocycles. The Balaban J connectivity index is 0.000000254. The zero-order valence-corrected chi connectivity index (χ0v) is 27.4. The van der Waals surface area contributed by atoms with E-state index in [4.69, 9.17) is 0 Å². The average molecular weight is 539 g/mol. The monoisotopic (exact) mass is 539 g/mol. The van der Waals surface area contributed by atoms with E-state index in [0.29, 0.717) is 0 Å². The SMILES string of the molecule is CCC.CN1CCC2(CC1)CCN(C)CC2.CN1CCCCC1.CN1CCCCC1.CN1CCN(C)CC1. The van der Waals surface area contributed by atoms with Crippen molar-refractivity contribution < 1.29 is 0 Å². The van der Waals surface area contributed by atoms with E-state index in [-0.39, 0.29) is 0 Å². The maximum Gasteiger partial charge on any atom is 0.0107 e. The molecular weight excluding hydrogens is 468 g/mol. The molecule has 5 heterocycles. The number of hydrogen-bond acceptors (Lipinski definition) is 6. The predicted molar refractivity (Wildman–Crippen MR) is 170 cm³/mol. The van der Waals surface area contributed by atoms with Crippen LogP contribution < -0.4 is 0 Å². The van der Waals surface area contributed by atoms with Gasteiger partial charge in [-0.05, 0) is 151 Å². The van der Waals surface area contributed by atoms with Gasteiger partial charge in [0, 0.05) is 26.2 Å². The number of likely N-dealkylation sites (tertiary alicyclic amines) is 4. The summed E-state index contributed by atoms with van der Waals surface area (Å²) in [5.41, 5.74) is 0.735. The highest BCUT2D eigenvalue weighted by Crippen LogP contribution is 2.40. The fourth-order valence-corrected chi connectivity index (χ4v) is 5.70. The van der Waals surface area contributed by atoms with E-state index >= 15 is 0 Å². The fourth-order valence-electron chi connectivity index (χ4n) is 5.70. The first-order valence-corrected chi connectivity index (χ1v) is 16.3. The van der Waals surface area contributed by atoms with E-state index in [2.05, 4.69) is 85.5 Å². The lowest BCUT2D eigenvalue weighted by Gasteiger charge is -2.45. The maximum absolute atomic E-state index is 2.48. The summed E-state index contributed by atoms with van der Waals surface area (Å²) in [6.45, 7) is 19.8. The summed E-state index contributed by atoms with van der Waals surface area (Å²) in [6, 6.07) is 0. The van der Waals surface area contributed by atoms with Gasteiger partial charge < -0.3 is 29.4 Å². The van der Waals surface area contributed by atoms with E-state index in [1.54, 1.807) is 0 Å². The molecule has 0 radical (unpaired) electrons. The van der Waals surface area contributed by atoms with Crippen LogP contribution in [0.25, 0.3) is 0 Å². The van der Waals surface area contributed by atoms with E-state index in [1.165, 1.54) is 149 Å². The van der Waals surface area contributed by atoms with Gasteiger partial charge in [0.25, 0.3) is 0 Å². The number of nitrogens with zero attached hydrogens (tertiary/aromatic N) is 6. The van der Waals surface area contributed by atoms with Crippen molar-refractivity contribution in [3.05, 3.63) is 0 Å². The Bertz CT molecular complexity index is 459. The highest BCUT2D eigenvalue weighted by molar-refractivity contribution is 4.89. The van der Waals surface area contributed by atoms with Crippen LogP contribution in [0.5, 0.6) is 0 Å². The number of likely N-dealkylation sites (N-methyl/N-ethyl adjacent to an activating group) is 2. The molecule has 0 unspecified atom stereocenters. The Morgan fingerprint density at radius 3 is 0.763 bits per heavy atom. The Morgan fingerprint density at radius 1 is 0.342 bits per heavy atom. The quantitative estimate of drug-likeness (QED) is 0.433. The van der Waals surface area contributed by atoms with Crippen LogP contribution in [0, 0.1) is 5.41 Å². The number of piperazine rings is 1. The molecule has 0 aromatic carbocycles. The molecule has 1 spiro atoms. The summed E-state index contributed by atoms with van der Waals surface area (Å²) >= 11 is 0. The van der Waals surface area contributed by atoms with Crippen molar-refractivity contribution in [3.8, 4) is 0 Å². The first-order chi connectivity index (χ1) is 18.2. The van der Waals surface area contributed by atoms with Crippen molar-refractivity contribution >= 4 is 0 Å². The lowest BCUT2D eigenvalue weighted by atomic mass is 9.71. The van der Waals surface area contributed by atoms with Crippen molar-refractivity contribution in [2.75, 3.05) is 121 Å². The van der Waals surface area contributed by atoms with Gasteiger partial charge in [-0.3, -0.25) is 0 Å².